The molecule has 0 saturated heterocycles. The summed E-state index contributed by atoms with van der Waals surface area (Å²) in [5.74, 6) is 0. The minimum Gasteiger partial charge on any atom is -0.423 e. The first kappa shape index (κ1) is 13.8. The molecule has 3 N–H and O–H groups in total. The predicted molar refractivity (Wildman–Crippen MR) is 78.0 cm³/mol. The van der Waals surface area contributed by atoms with Crippen molar-refractivity contribution in [3.63, 3.8) is 0 Å². The van der Waals surface area contributed by atoms with Gasteiger partial charge >= 0.3 is 7.12 Å². The average molecular weight is 255 g/mol. The molecule has 4 heteroatoms. The smallest absolute Gasteiger partial charge is 0.423 e. The van der Waals surface area contributed by atoms with E-state index in [1.807, 2.05) is 30.3 Å². The number of nitrogens with one attached hydrogen (secondary N) is 1. The van der Waals surface area contributed by atoms with E-state index in [4.69, 9.17) is 0 Å². The Morgan fingerprint density at radius 3 is 2.32 bits per heavy atom. The lowest BCUT2D eigenvalue weighted by atomic mass is 9.77. The van der Waals surface area contributed by atoms with Crippen molar-refractivity contribution in [3.8, 4) is 0 Å². The van der Waals surface area contributed by atoms with Gasteiger partial charge in [-0.1, -0.05) is 54.6 Å². The fourth-order valence-electron chi connectivity index (χ4n) is 2.07. The molecular weight excluding hydrogens is 237 g/mol. The van der Waals surface area contributed by atoms with E-state index in [0.29, 0.717) is 12.0 Å². The van der Waals surface area contributed by atoms with E-state index in [1.54, 1.807) is 12.1 Å². The molecule has 0 amide bonds. The summed E-state index contributed by atoms with van der Waals surface area (Å²) in [6.45, 7) is 2.69. The largest absolute Gasteiger partial charge is 0.488 e. The van der Waals surface area contributed by atoms with Crippen LogP contribution in [-0.4, -0.2) is 17.2 Å². The molecule has 98 valence electrons. The SMILES string of the molecule is C[C@H](NCc1ccccc1B(O)O)c1ccccc1. The number of benzene rings is 2. The number of hydrogen-bond donors (Lipinski definition) is 3. The lowest BCUT2D eigenvalue weighted by molar-refractivity contribution is 0.425. The summed E-state index contributed by atoms with van der Waals surface area (Å²) in [5.41, 5.74) is 2.67. The molecular formula is C15H18BNO2. The molecule has 0 heterocycles. The van der Waals surface area contributed by atoms with Gasteiger partial charge in [0.05, 0.1) is 0 Å². The van der Waals surface area contributed by atoms with Crippen molar-refractivity contribution in [2.75, 3.05) is 0 Å². The quantitative estimate of drug-likeness (QED) is 0.704. The molecule has 2 aromatic carbocycles. The molecule has 0 saturated carbocycles. The van der Waals surface area contributed by atoms with Crippen LogP contribution in [0.4, 0.5) is 0 Å². The second-order valence-corrected chi connectivity index (χ2v) is 4.59. The molecule has 2 rings (SSSR count). The van der Waals surface area contributed by atoms with E-state index in [2.05, 4.69) is 24.4 Å². The Labute approximate surface area is 114 Å². The molecule has 0 bridgehead atoms. The highest BCUT2D eigenvalue weighted by Gasteiger charge is 2.15. The zero-order chi connectivity index (χ0) is 13.7. The first-order valence-corrected chi connectivity index (χ1v) is 6.40. The molecule has 0 aliphatic rings. The van der Waals surface area contributed by atoms with Crippen LogP contribution in [0.3, 0.4) is 0 Å². The fourth-order valence-corrected chi connectivity index (χ4v) is 2.07. The molecule has 0 radical (unpaired) electrons. The molecule has 0 aromatic heterocycles. The Balaban J connectivity index is 2.03. The van der Waals surface area contributed by atoms with Gasteiger partial charge in [-0.2, -0.15) is 0 Å². The van der Waals surface area contributed by atoms with Crippen LogP contribution in [0.1, 0.15) is 24.1 Å². The maximum Gasteiger partial charge on any atom is 0.488 e. The minimum atomic E-state index is -1.43. The summed E-state index contributed by atoms with van der Waals surface area (Å²) in [6, 6.07) is 17.7. The maximum atomic E-state index is 9.31. The van der Waals surface area contributed by atoms with E-state index in [1.165, 1.54) is 5.56 Å². The Morgan fingerprint density at radius 1 is 1.00 bits per heavy atom. The van der Waals surface area contributed by atoms with Gasteiger partial charge in [0.15, 0.2) is 0 Å². The van der Waals surface area contributed by atoms with E-state index in [-0.39, 0.29) is 6.04 Å². The summed E-state index contributed by atoms with van der Waals surface area (Å²) in [6.07, 6.45) is 0. The van der Waals surface area contributed by atoms with Gasteiger partial charge in [0.25, 0.3) is 0 Å². The molecule has 0 spiro atoms. The van der Waals surface area contributed by atoms with Gasteiger partial charge in [-0.15, -0.1) is 0 Å². The standard InChI is InChI=1S/C15H18BNO2/c1-12(13-7-3-2-4-8-13)17-11-14-9-5-6-10-15(14)16(18)19/h2-10,12,17-19H,11H2,1H3/t12-/m0/s1. The predicted octanol–water partition coefficient (Wildman–Crippen LogP) is 1.22. The van der Waals surface area contributed by atoms with Crippen LogP contribution in [0, 0.1) is 0 Å². The summed E-state index contributed by atoms with van der Waals surface area (Å²) in [7, 11) is -1.43. The van der Waals surface area contributed by atoms with Crippen molar-refractivity contribution in [3.05, 3.63) is 65.7 Å². The lowest BCUT2D eigenvalue weighted by Gasteiger charge is -2.16. The highest BCUT2D eigenvalue weighted by Crippen LogP contribution is 2.11. The average Bonchev–Trinajstić information content (AvgIpc) is 2.46. The third kappa shape index (κ3) is 3.67. The normalized spacial score (nSPS) is 12.2. The van der Waals surface area contributed by atoms with Crippen LogP contribution in [0.5, 0.6) is 0 Å². The van der Waals surface area contributed by atoms with E-state index in [9.17, 15) is 10.0 Å². The summed E-state index contributed by atoms with van der Waals surface area (Å²) in [5, 5.41) is 22.0. The summed E-state index contributed by atoms with van der Waals surface area (Å²) < 4.78 is 0. The van der Waals surface area contributed by atoms with Crippen LogP contribution in [0.15, 0.2) is 54.6 Å². The molecule has 3 nitrogen and oxygen atoms in total. The van der Waals surface area contributed by atoms with Crippen LogP contribution >= 0.6 is 0 Å². The monoisotopic (exact) mass is 255 g/mol. The van der Waals surface area contributed by atoms with Gasteiger partial charge in [-0.05, 0) is 23.5 Å². The first-order chi connectivity index (χ1) is 9.18. The summed E-state index contributed by atoms with van der Waals surface area (Å²) >= 11 is 0. The van der Waals surface area contributed by atoms with Gasteiger partial charge in [0, 0.05) is 12.6 Å². The van der Waals surface area contributed by atoms with Crippen molar-refractivity contribution < 1.29 is 10.0 Å². The molecule has 0 unspecified atom stereocenters. The van der Waals surface area contributed by atoms with Crippen molar-refractivity contribution in [1.29, 1.82) is 0 Å². The van der Waals surface area contributed by atoms with Gasteiger partial charge in [0.2, 0.25) is 0 Å². The minimum absolute atomic E-state index is 0.213. The van der Waals surface area contributed by atoms with Crippen LogP contribution in [-0.2, 0) is 6.54 Å². The van der Waals surface area contributed by atoms with Crippen LogP contribution in [0.25, 0.3) is 0 Å². The molecule has 19 heavy (non-hydrogen) atoms. The molecule has 1 atom stereocenters. The van der Waals surface area contributed by atoms with Crippen molar-refractivity contribution >= 4 is 12.6 Å². The van der Waals surface area contributed by atoms with Crippen LogP contribution in [0.2, 0.25) is 0 Å². The first-order valence-electron chi connectivity index (χ1n) is 6.40. The highest BCUT2D eigenvalue weighted by molar-refractivity contribution is 6.59. The van der Waals surface area contributed by atoms with Crippen molar-refractivity contribution in [1.82, 2.24) is 5.32 Å². The highest BCUT2D eigenvalue weighted by atomic mass is 16.4. The second-order valence-electron chi connectivity index (χ2n) is 4.59. The Bertz CT molecular complexity index is 517. The molecule has 0 aliphatic carbocycles. The second kappa shape index (κ2) is 6.52. The third-order valence-corrected chi connectivity index (χ3v) is 3.23. The Hall–Kier alpha value is -1.62. The van der Waals surface area contributed by atoms with Crippen molar-refractivity contribution in [2.45, 2.75) is 19.5 Å². The van der Waals surface area contributed by atoms with Crippen molar-refractivity contribution in [2.24, 2.45) is 0 Å². The van der Waals surface area contributed by atoms with Gasteiger partial charge in [-0.25, -0.2) is 0 Å². The van der Waals surface area contributed by atoms with Gasteiger partial charge in [0.1, 0.15) is 0 Å². The molecule has 2 aromatic rings. The maximum absolute atomic E-state index is 9.31. The summed E-state index contributed by atoms with van der Waals surface area (Å²) in [4.78, 5) is 0. The molecule has 0 fully saturated rings. The number of hydrogen-bond acceptors (Lipinski definition) is 3. The third-order valence-electron chi connectivity index (χ3n) is 3.23. The lowest BCUT2D eigenvalue weighted by Crippen LogP contribution is -2.35. The topological polar surface area (TPSA) is 52.5 Å². The zero-order valence-corrected chi connectivity index (χ0v) is 11.0. The van der Waals surface area contributed by atoms with Gasteiger partial charge < -0.3 is 15.4 Å². The van der Waals surface area contributed by atoms with E-state index < -0.39 is 7.12 Å². The Kier molecular flexibility index (Phi) is 4.74. The Morgan fingerprint density at radius 2 is 1.63 bits per heavy atom. The van der Waals surface area contributed by atoms with E-state index in [0.717, 1.165) is 5.56 Å². The zero-order valence-electron chi connectivity index (χ0n) is 11.0. The fraction of sp³-hybridized carbons (Fsp3) is 0.200. The van der Waals surface area contributed by atoms with Gasteiger partial charge in [-0.3, -0.25) is 0 Å². The van der Waals surface area contributed by atoms with E-state index >= 15 is 0 Å². The van der Waals surface area contributed by atoms with Crippen LogP contribution < -0.4 is 10.8 Å². The molecule has 0 aliphatic heterocycles. The number of rotatable bonds is 5.